The van der Waals surface area contributed by atoms with Gasteiger partial charge in [-0.15, -0.1) is 0 Å². The van der Waals surface area contributed by atoms with Crippen LogP contribution in [0.25, 0.3) is 0 Å². The van der Waals surface area contributed by atoms with Crippen LogP contribution in [0, 0.1) is 5.82 Å². The first-order chi connectivity index (χ1) is 6.73. The molecule has 0 atom stereocenters. The van der Waals surface area contributed by atoms with Gasteiger partial charge in [0, 0.05) is 11.3 Å². The Morgan fingerprint density at radius 1 is 1.47 bits per heavy atom. The fraction of sp³-hybridized carbons (Fsp3) is 0.125. The molecule has 1 aromatic rings. The fourth-order valence-electron chi connectivity index (χ4n) is 0.990. The zero-order valence-electron chi connectivity index (χ0n) is 7.49. The first-order valence-corrected chi connectivity index (χ1v) is 5.93. The largest absolute Gasteiger partial charge is 0.478 e. The minimum Gasteiger partial charge on any atom is -0.478 e. The van der Waals surface area contributed by atoms with Gasteiger partial charge in [-0.1, -0.05) is 11.6 Å². The normalized spacial score (nSPS) is 11.4. The van der Waals surface area contributed by atoms with Gasteiger partial charge in [-0.2, -0.15) is 0 Å². The predicted molar refractivity (Wildman–Crippen MR) is 51.5 cm³/mol. The van der Waals surface area contributed by atoms with Crippen LogP contribution in [0.4, 0.5) is 4.39 Å². The Kier molecular flexibility index (Phi) is 3.01. The molecule has 0 radical (unpaired) electrons. The lowest BCUT2D eigenvalue weighted by Gasteiger charge is -2.04. The highest BCUT2D eigenvalue weighted by Gasteiger charge is 2.21. The SMILES string of the molecule is CS(=O)(=O)c1cc(Cl)cc(C(=O)O)c1F. The van der Waals surface area contributed by atoms with Crippen LogP contribution in [0.5, 0.6) is 0 Å². The number of hydrogen-bond donors (Lipinski definition) is 1. The standard InChI is InChI=1S/C8H6ClFO4S/c1-15(13,14)6-3-4(9)2-5(7(6)10)8(11)12/h2-3H,1H3,(H,11,12). The van der Waals surface area contributed by atoms with E-state index in [-0.39, 0.29) is 5.02 Å². The number of benzene rings is 1. The third kappa shape index (κ3) is 2.45. The van der Waals surface area contributed by atoms with E-state index in [4.69, 9.17) is 16.7 Å². The summed E-state index contributed by atoms with van der Waals surface area (Å²) in [6, 6.07) is 1.73. The van der Waals surface area contributed by atoms with E-state index >= 15 is 0 Å². The smallest absolute Gasteiger partial charge is 0.338 e. The summed E-state index contributed by atoms with van der Waals surface area (Å²) in [5, 5.41) is 8.44. The minimum atomic E-state index is -3.83. The molecular formula is C8H6ClFO4S. The second-order valence-corrected chi connectivity index (χ2v) is 5.26. The second-order valence-electron chi connectivity index (χ2n) is 2.84. The molecule has 0 heterocycles. The van der Waals surface area contributed by atoms with Gasteiger partial charge in [-0.25, -0.2) is 17.6 Å². The van der Waals surface area contributed by atoms with Crippen LogP contribution in [0.1, 0.15) is 10.4 Å². The van der Waals surface area contributed by atoms with Crippen molar-refractivity contribution in [2.45, 2.75) is 4.90 Å². The average molecular weight is 253 g/mol. The number of carboxylic acids is 1. The molecule has 1 N–H and O–H groups in total. The highest BCUT2D eigenvalue weighted by atomic mass is 35.5. The predicted octanol–water partition coefficient (Wildman–Crippen LogP) is 1.58. The van der Waals surface area contributed by atoms with Gasteiger partial charge in [-0.05, 0) is 12.1 Å². The van der Waals surface area contributed by atoms with E-state index in [1.54, 1.807) is 0 Å². The van der Waals surface area contributed by atoms with Gasteiger partial charge in [0.25, 0.3) is 0 Å². The molecule has 0 aliphatic rings. The molecule has 0 aromatic heterocycles. The molecule has 1 rings (SSSR count). The lowest BCUT2D eigenvalue weighted by atomic mass is 10.2. The maximum Gasteiger partial charge on any atom is 0.338 e. The first-order valence-electron chi connectivity index (χ1n) is 3.66. The van der Waals surface area contributed by atoms with E-state index in [1.165, 1.54) is 0 Å². The molecule has 0 amide bonds. The Hall–Kier alpha value is -1.14. The number of carbonyl (C=O) groups is 1. The van der Waals surface area contributed by atoms with E-state index < -0.39 is 32.1 Å². The molecule has 0 spiro atoms. The van der Waals surface area contributed by atoms with Gasteiger partial charge >= 0.3 is 5.97 Å². The quantitative estimate of drug-likeness (QED) is 0.867. The molecule has 0 saturated carbocycles. The minimum absolute atomic E-state index is 0.144. The molecule has 0 fully saturated rings. The number of halogens is 2. The summed E-state index contributed by atoms with van der Waals surface area (Å²) >= 11 is 5.48. The van der Waals surface area contributed by atoms with Crippen molar-refractivity contribution in [3.8, 4) is 0 Å². The van der Waals surface area contributed by atoms with Gasteiger partial charge < -0.3 is 5.11 Å². The van der Waals surface area contributed by atoms with Crippen molar-refractivity contribution in [3.63, 3.8) is 0 Å². The van der Waals surface area contributed by atoms with Crippen molar-refractivity contribution in [2.24, 2.45) is 0 Å². The fourth-order valence-corrected chi connectivity index (χ4v) is 2.05. The monoisotopic (exact) mass is 252 g/mol. The van der Waals surface area contributed by atoms with E-state index in [9.17, 15) is 17.6 Å². The number of rotatable bonds is 2. The third-order valence-corrected chi connectivity index (χ3v) is 2.95. The summed E-state index contributed by atoms with van der Waals surface area (Å²) in [6.45, 7) is 0. The summed E-state index contributed by atoms with van der Waals surface area (Å²) in [5.74, 6) is -2.87. The van der Waals surface area contributed by atoms with Crippen molar-refractivity contribution in [3.05, 3.63) is 28.5 Å². The topological polar surface area (TPSA) is 71.4 Å². The van der Waals surface area contributed by atoms with Gasteiger partial charge in [0.2, 0.25) is 0 Å². The number of sulfone groups is 1. The second kappa shape index (κ2) is 3.79. The maximum absolute atomic E-state index is 13.4. The van der Waals surface area contributed by atoms with Crippen molar-refractivity contribution in [1.82, 2.24) is 0 Å². The lowest BCUT2D eigenvalue weighted by Crippen LogP contribution is -2.07. The zero-order valence-corrected chi connectivity index (χ0v) is 9.06. The molecule has 0 saturated heterocycles. The van der Waals surface area contributed by atoms with Crippen molar-refractivity contribution < 1.29 is 22.7 Å². The van der Waals surface area contributed by atoms with Crippen LogP contribution in [0.2, 0.25) is 5.02 Å². The molecule has 15 heavy (non-hydrogen) atoms. The average Bonchev–Trinajstić information content (AvgIpc) is 2.06. The lowest BCUT2D eigenvalue weighted by molar-refractivity contribution is 0.0691. The summed E-state index contributed by atoms with van der Waals surface area (Å²) < 4.78 is 35.6. The summed E-state index contributed by atoms with van der Waals surface area (Å²) in [6.07, 6.45) is 0.771. The van der Waals surface area contributed by atoms with Gasteiger partial charge in [0.1, 0.15) is 4.90 Å². The van der Waals surface area contributed by atoms with Crippen molar-refractivity contribution in [1.29, 1.82) is 0 Å². The molecule has 0 aliphatic heterocycles. The zero-order chi connectivity index (χ0) is 11.8. The Morgan fingerprint density at radius 2 is 2.00 bits per heavy atom. The highest BCUT2D eigenvalue weighted by Crippen LogP contribution is 2.23. The Balaban J connectivity index is 3.63. The molecule has 7 heteroatoms. The number of aromatic carboxylic acids is 1. The van der Waals surface area contributed by atoms with Crippen LogP contribution in [0.3, 0.4) is 0 Å². The Bertz CT molecular complexity index is 524. The summed E-state index contributed by atoms with van der Waals surface area (Å²) in [7, 11) is -3.83. The Labute approximate surface area is 90.2 Å². The highest BCUT2D eigenvalue weighted by molar-refractivity contribution is 7.90. The maximum atomic E-state index is 13.4. The molecule has 0 aliphatic carbocycles. The van der Waals surface area contributed by atoms with Crippen molar-refractivity contribution >= 4 is 27.4 Å². The summed E-state index contributed by atoms with van der Waals surface area (Å²) in [4.78, 5) is 9.84. The molecule has 1 aromatic carbocycles. The number of carboxylic acid groups (broad SMARTS) is 1. The molecule has 82 valence electrons. The van der Waals surface area contributed by atoms with Crippen molar-refractivity contribution in [2.75, 3.05) is 6.26 Å². The van der Waals surface area contributed by atoms with Crippen LogP contribution in [-0.4, -0.2) is 25.7 Å². The molecule has 0 unspecified atom stereocenters. The van der Waals surface area contributed by atoms with Crippen LogP contribution >= 0.6 is 11.6 Å². The summed E-state index contributed by atoms with van der Waals surface area (Å²) in [5.41, 5.74) is -0.761. The van der Waals surface area contributed by atoms with Gasteiger partial charge in [0.15, 0.2) is 15.7 Å². The van der Waals surface area contributed by atoms with E-state index in [0.29, 0.717) is 0 Å². The van der Waals surface area contributed by atoms with E-state index in [1.807, 2.05) is 0 Å². The first kappa shape index (κ1) is 11.9. The molecule has 0 bridgehead atoms. The third-order valence-electron chi connectivity index (χ3n) is 1.63. The Morgan fingerprint density at radius 3 is 2.40 bits per heavy atom. The molecule has 4 nitrogen and oxygen atoms in total. The molecular weight excluding hydrogens is 247 g/mol. The van der Waals surface area contributed by atoms with Crippen LogP contribution < -0.4 is 0 Å². The number of hydrogen-bond acceptors (Lipinski definition) is 3. The van der Waals surface area contributed by atoms with Gasteiger partial charge in [-0.3, -0.25) is 0 Å². The van der Waals surface area contributed by atoms with E-state index in [2.05, 4.69) is 0 Å². The van der Waals surface area contributed by atoms with Crippen LogP contribution in [0.15, 0.2) is 17.0 Å². The van der Waals surface area contributed by atoms with Crippen LogP contribution in [-0.2, 0) is 9.84 Å². The van der Waals surface area contributed by atoms with Gasteiger partial charge in [0.05, 0.1) is 5.56 Å². The van der Waals surface area contributed by atoms with E-state index in [0.717, 1.165) is 18.4 Å².